The summed E-state index contributed by atoms with van der Waals surface area (Å²) in [5.41, 5.74) is -0.186. The molecular formula is C23H35N3O7. The van der Waals surface area contributed by atoms with Gasteiger partial charge in [-0.3, -0.25) is 19.3 Å². The Morgan fingerprint density at radius 3 is 2.45 bits per heavy atom. The average Bonchev–Trinajstić information content (AvgIpc) is 2.83. The Bertz CT molecular complexity index is 777. The second-order valence-corrected chi connectivity index (χ2v) is 8.64. The molecule has 1 aliphatic rings. The molecule has 0 aromatic heterocycles. The van der Waals surface area contributed by atoms with Crippen molar-refractivity contribution < 1.29 is 34.1 Å². The van der Waals surface area contributed by atoms with E-state index in [1.807, 2.05) is 24.3 Å². The second-order valence-electron chi connectivity index (χ2n) is 8.64. The number of nitrogens with one attached hydrogen (secondary N) is 2. The Morgan fingerprint density at radius 2 is 1.82 bits per heavy atom. The molecule has 1 aliphatic heterocycles. The second kappa shape index (κ2) is 13.2. The number of carbonyl (C=O) groups is 3. The number of amides is 2. The third kappa shape index (κ3) is 9.09. The lowest BCUT2D eigenvalue weighted by molar-refractivity contribution is -0.139. The van der Waals surface area contributed by atoms with Crippen LogP contribution in [0.1, 0.15) is 25.8 Å². The first kappa shape index (κ1) is 26.7. The highest BCUT2D eigenvalue weighted by molar-refractivity contribution is 6.36. The van der Waals surface area contributed by atoms with E-state index in [1.54, 1.807) is 13.8 Å². The van der Waals surface area contributed by atoms with Crippen LogP contribution in [0.4, 0.5) is 0 Å². The molecule has 0 radical (unpaired) electrons. The van der Waals surface area contributed by atoms with Crippen molar-refractivity contribution in [1.82, 2.24) is 15.5 Å². The van der Waals surface area contributed by atoms with Crippen LogP contribution in [0.5, 0.6) is 5.75 Å². The van der Waals surface area contributed by atoms with Crippen LogP contribution in [0.2, 0.25) is 0 Å². The summed E-state index contributed by atoms with van der Waals surface area (Å²) in [6.07, 6.45) is -1.61. The largest absolute Gasteiger partial charge is 0.492 e. The molecule has 1 atom stereocenters. The van der Waals surface area contributed by atoms with Crippen molar-refractivity contribution in [1.29, 1.82) is 0 Å². The van der Waals surface area contributed by atoms with Crippen molar-refractivity contribution in [2.24, 2.45) is 5.41 Å². The molecule has 2 amide bonds. The van der Waals surface area contributed by atoms with Crippen LogP contribution in [0.3, 0.4) is 0 Å². The van der Waals surface area contributed by atoms with Crippen molar-refractivity contribution in [2.75, 3.05) is 52.6 Å². The van der Waals surface area contributed by atoms with E-state index >= 15 is 0 Å². The third-order valence-electron chi connectivity index (χ3n) is 5.46. The van der Waals surface area contributed by atoms with Gasteiger partial charge in [-0.2, -0.15) is 0 Å². The van der Waals surface area contributed by atoms with Crippen LogP contribution in [0, 0.1) is 5.41 Å². The van der Waals surface area contributed by atoms with Crippen molar-refractivity contribution >= 4 is 17.6 Å². The summed E-state index contributed by atoms with van der Waals surface area (Å²) in [6.45, 7) is 7.57. The Hall–Kier alpha value is -2.53. The van der Waals surface area contributed by atoms with Gasteiger partial charge >= 0.3 is 0 Å². The number of hydrogen-bond acceptors (Lipinski definition) is 8. The van der Waals surface area contributed by atoms with E-state index in [-0.39, 0.29) is 26.1 Å². The number of hydrogen-bond donors (Lipinski definition) is 4. The maximum atomic E-state index is 12.0. The molecular weight excluding hydrogens is 430 g/mol. The van der Waals surface area contributed by atoms with Gasteiger partial charge in [0.1, 0.15) is 18.5 Å². The number of benzene rings is 1. The number of Topliss-reactive ketones (excluding diaryl/α,β-unsaturated/α-hetero) is 1. The molecule has 10 heteroatoms. The number of aliphatic hydroxyl groups excluding tert-OH is 2. The molecule has 1 fully saturated rings. The zero-order valence-corrected chi connectivity index (χ0v) is 19.3. The SMILES string of the molecule is CC(C)(CO)C(O)C(=O)NCCC(=O)C(=O)NCc1ccc(OCCN2CCOCC2)cc1. The number of nitrogens with zero attached hydrogens (tertiary/aromatic N) is 1. The van der Waals surface area contributed by atoms with E-state index in [0.29, 0.717) is 6.61 Å². The van der Waals surface area contributed by atoms with Gasteiger partial charge in [-0.1, -0.05) is 26.0 Å². The Balaban J connectivity index is 1.64. The van der Waals surface area contributed by atoms with Crippen LogP contribution < -0.4 is 15.4 Å². The molecule has 1 saturated heterocycles. The number of rotatable bonds is 13. The molecule has 1 aromatic rings. The van der Waals surface area contributed by atoms with Gasteiger partial charge in [0, 0.05) is 44.6 Å². The summed E-state index contributed by atoms with van der Waals surface area (Å²) in [5.74, 6) is -1.38. The zero-order chi connectivity index (χ0) is 24.3. The van der Waals surface area contributed by atoms with Gasteiger partial charge in [-0.05, 0) is 17.7 Å². The van der Waals surface area contributed by atoms with Gasteiger partial charge in [0.15, 0.2) is 0 Å². The summed E-state index contributed by atoms with van der Waals surface area (Å²) in [4.78, 5) is 38.1. The Morgan fingerprint density at radius 1 is 1.15 bits per heavy atom. The van der Waals surface area contributed by atoms with Crippen molar-refractivity contribution in [2.45, 2.75) is 32.9 Å². The number of carbonyl (C=O) groups excluding carboxylic acids is 3. The molecule has 10 nitrogen and oxygen atoms in total. The first-order chi connectivity index (χ1) is 15.7. The van der Waals surface area contributed by atoms with Crippen molar-refractivity contribution in [3.63, 3.8) is 0 Å². The van der Waals surface area contributed by atoms with Gasteiger partial charge in [-0.15, -0.1) is 0 Å². The molecule has 1 unspecified atom stereocenters. The lowest BCUT2D eigenvalue weighted by Gasteiger charge is -2.27. The average molecular weight is 466 g/mol. The minimum Gasteiger partial charge on any atom is -0.492 e. The Labute approximate surface area is 194 Å². The van der Waals surface area contributed by atoms with Crippen LogP contribution in [-0.2, 0) is 25.7 Å². The van der Waals surface area contributed by atoms with Crippen LogP contribution in [0.25, 0.3) is 0 Å². The summed E-state index contributed by atoms with van der Waals surface area (Å²) < 4.78 is 11.1. The Kier molecular flexibility index (Phi) is 10.7. The smallest absolute Gasteiger partial charge is 0.287 e. The van der Waals surface area contributed by atoms with E-state index in [0.717, 1.165) is 44.2 Å². The normalized spacial score (nSPS) is 15.5. The van der Waals surface area contributed by atoms with E-state index in [9.17, 15) is 24.6 Å². The van der Waals surface area contributed by atoms with Gasteiger partial charge in [0.2, 0.25) is 11.7 Å². The number of ketones is 1. The number of morpholine rings is 1. The van der Waals surface area contributed by atoms with Gasteiger partial charge in [0.25, 0.3) is 5.91 Å². The van der Waals surface area contributed by atoms with E-state index in [1.165, 1.54) is 0 Å². The standard InChI is InChI=1S/C23H35N3O7/c1-23(2,16-27)20(29)22(31)24-8-7-19(28)21(30)25-15-17-3-5-18(6-4-17)33-14-11-26-9-12-32-13-10-26/h3-6,20,27,29H,7-16H2,1-2H3,(H,24,31)(H,25,30). The van der Waals surface area contributed by atoms with Crippen molar-refractivity contribution in [3.8, 4) is 5.75 Å². The fourth-order valence-corrected chi connectivity index (χ4v) is 3.05. The van der Waals surface area contributed by atoms with Crippen LogP contribution in [0.15, 0.2) is 24.3 Å². The fraction of sp³-hybridized carbons (Fsp3) is 0.609. The first-order valence-electron chi connectivity index (χ1n) is 11.1. The van der Waals surface area contributed by atoms with Gasteiger partial charge in [0.05, 0.1) is 19.8 Å². The molecule has 184 valence electrons. The molecule has 1 aromatic carbocycles. The van der Waals surface area contributed by atoms with Gasteiger partial charge in [-0.25, -0.2) is 0 Å². The minimum absolute atomic E-state index is 0.0832. The van der Waals surface area contributed by atoms with Gasteiger partial charge < -0.3 is 30.3 Å². The van der Waals surface area contributed by atoms with E-state index < -0.39 is 29.1 Å². The molecule has 0 bridgehead atoms. The van der Waals surface area contributed by atoms with E-state index in [4.69, 9.17) is 9.47 Å². The van der Waals surface area contributed by atoms with Crippen molar-refractivity contribution in [3.05, 3.63) is 29.8 Å². The predicted octanol–water partition coefficient (Wildman–Crippen LogP) is -0.531. The summed E-state index contributed by atoms with van der Waals surface area (Å²) >= 11 is 0. The van der Waals surface area contributed by atoms with E-state index in [2.05, 4.69) is 15.5 Å². The molecule has 0 spiro atoms. The highest BCUT2D eigenvalue weighted by atomic mass is 16.5. The maximum Gasteiger partial charge on any atom is 0.287 e. The topological polar surface area (TPSA) is 137 Å². The quantitative estimate of drug-likeness (QED) is 0.285. The molecule has 4 N–H and O–H groups in total. The number of ether oxygens (including phenoxy) is 2. The molecule has 33 heavy (non-hydrogen) atoms. The molecule has 0 saturated carbocycles. The summed E-state index contributed by atoms with van der Waals surface area (Å²) in [7, 11) is 0. The first-order valence-corrected chi connectivity index (χ1v) is 11.1. The highest BCUT2D eigenvalue weighted by Gasteiger charge is 2.32. The zero-order valence-electron chi connectivity index (χ0n) is 19.3. The number of aliphatic hydroxyl groups is 2. The third-order valence-corrected chi connectivity index (χ3v) is 5.46. The fourth-order valence-electron chi connectivity index (χ4n) is 3.05. The predicted molar refractivity (Wildman–Crippen MR) is 121 cm³/mol. The van der Waals surface area contributed by atoms with Crippen LogP contribution in [-0.4, -0.2) is 91.4 Å². The minimum atomic E-state index is -1.42. The molecule has 2 rings (SSSR count). The maximum absolute atomic E-state index is 12.0. The molecule has 0 aliphatic carbocycles. The monoisotopic (exact) mass is 465 g/mol. The lowest BCUT2D eigenvalue weighted by atomic mass is 9.87. The highest BCUT2D eigenvalue weighted by Crippen LogP contribution is 2.19. The summed E-state index contributed by atoms with van der Waals surface area (Å²) in [6, 6.07) is 7.27. The lowest BCUT2D eigenvalue weighted by Crippen LogP contribution is -2.46. The summed E-state index contributed by atoms with van der Waals surface area (Å²) in [5, 5.41) is 24.1. The van der Waals surface area contributed by atoms with Crippen LogP contribution >= 0.6 is 0 Å². The molecule has 1 heterocycles.